The van der Waals surface area contributed by atoms with Gasteiger partial charge in [-0.3, -0.25) is 0 Å². The minimum Gasteiger partial charge on any atom is -0.373 e. The summed E-state index contributed by atoms with van der Waals surface area (Å²) in [4.78, 5) is 0. The fourth-order valence-electron chi connectivity index (χ4n) is 4.94. The van der Waals surface area contributed by atoms with Crippen LogP contribution in [0.1, 0.15) is 28.3 Å². The largest absolute Gasteiger partial charge is 0.373 e. The van der Waals surface area contributed by atoms with Gasteiger partial charge in [0, 0.05) is 10.9 Å². The van der Waals surface area contributed by atoms with Crippen LogP contribution in [0.4, 0.5) is 5.69 Å². The van der Waals surface area contributed by atoms with Gasteiger partial charge in [0.2, 0.25) is 0 Å². The van der Waals surface area contributed by atoms with E-state index in [1.807, 2.05) is 0 Å². The Hall–Kier alpha value is -3.15. The van der Waals surface area contributed by atoms with E-state index < -0.39 is 0 Å². The number of rotatable bonds is 2. The molecule has 6 rings (SSSR count). The summed E-state index contributed by atoms with van der Waals surface area (Å²) < 4.78 is 0. The Kier molecular flexibility index (Phi) is 4.33. The van der Waals surface area contributed by atoms with Crippen molar-refractivity contribution in [1.82, 2.24) is 0 Å². The molecule has 0 radical (unpaired) electrons. The number of hydrogen-bond acceptors (Lipinski definition) is 1. The normalized spacial score (nSPS) is 16.7. The van der Waals surface area contributed by atoms with Gasteiger partial charge in [-0.25, -0.2) is 0 Å². The Bertz CT molecular complexity index is 1380. The summed E-state index contributed by atoms with van der Waals surface area (Å²) in [6.07, 6.45) is 4.58. The summed E-state index contributed by atoms with van der Waals surface area (Å²) in [6, 6.07) is 31.4. The van der Waals surface area contributed by atoms with Crippen molar-refractivity contribution < 1.29 is 0 Å². The quantitative estimate of drug-likeness (QED) is 0.340. The van der Waals surface area contributed by atoms with Gasteiger partial charge >= 0.3 is 0 Å². The molecule has 0 bridgehead atoms. The van der Waals surface area contributed by atoms with E-state index in [9.17, 15) is 0 Å². The number of hydrogen-bond donors (Lipinski definition) is 1. The van der Waals surface area contributed by atoms with Crippen LogP contribution in [-0.4, -0.2) is 13.3 Å². The zero-order chi connectivity index (χ0) is 20.9. The minimum atomic E-state index is -0.0941. The summed E-state index contributed by atoms with van der Waals surface area (Å²) in [5.74, 6) is 0. The van der Waals surface area contributed by atoms with Crippen molar-refractivity contribution in [2.75, 3.05) is 18.6 Å². The lowest BCUT2D eigenvalue weighted by Gasteiger charge is -2.35. The maximum atomic E-state index is 3.92. The van der Waals surface area contributed by atoms with E-state index in [0.717, 1.165) is 0 Å². The zero-order valence-corrected chi connectivity index (χ0v) is 18.7. The van der Waals surface area contributed by atoms with Gasteiger partial charge < -0.3 is 5.32 Å². The van der Waals surface area contributed by atoms with Crippen molar-refractivity contribution >= 4 is 41.3 Å². The molecular weight excluding hydrogens is 393 g/mol. The SMILES string of the molecule is CP(C)c1ccc(C2=C3C=Cc4ccccc4C3Nc3c2ccc2ccccc32)cc1. The molecule has 1 atom stereocenters. The summed E-state index contributed by atoms with van der Waals surface area (Å²) in [7, 11) is -0.0941. The van der Waals surface area contributed by atoms with E-state index in [-0.39, 0.29) is 14.0 Å². The van der Waals surface area contributed by atoms with Crippen molar-refractivity contribution in [3.63, 3.8) is 0 Å². The highest BCUT2D eigenvalue weighted by Gasteiger charge is 2.31. The molecule has 2 aliphatic rings. The van der Waals surface area contributed by atoms with Crippen LogP contribution < -0.4 is 10.6 Å². The molecule has 1 aliphatic heterocycles. The fraction of sp³-hybridized carbons (Fsp3) is 0.103. The van der Waals surface area contributed by atoms with Crippen LogP contribution in [0.25, 0.3) is 22.4 Å². The second-order valence-electron chi connectivity index (χ2n) is 8.52. The highest BCUT2D eigenvalue weighted by molar-refractivity contribution is 7.64. The molecule has 0 amide bonds. The Labute approximate surface area is 184 Å². The number of fused-ring (bicyclic) bond motifs is 6. The maximum absolute atomic E-state index is 3.92. The zero-order valence-electron chi connectivity index (χ0n) is 17.8. The van der Waals surface area contributed by atoms with Crippen LogP contribution in [0.15, 0.2) is 96.6 Å². The van der Waals surface area contributed by atoms with E-state index in [1.165, 1.54) is 55.2 Å². The lowest BCUT2D eigenvalue weighted by atomic mass is 9.78. The molecule has 1 unspecified atom stereocenters. The van der Waals surface area contributed by atoms with Gasteiger partial charge in [-0.2, -0.15) is 0 Å². The average molecular weight is 417 g/mol. The highest BCUT2D eigenvalue weighted by Crippen LogP contribution is 2.48. The van der Waals surface area contributed by atoms with Crippen molar-refractivity contribution in [1.29, 1.82) is 0 Å². The molecule has 1 nitrogen and oxygen atoms in total. The Morgan fingerprint density at radius 2 is 1.52 bits per heavy atom. The van der Waals surface area contributed by atoms with E-state index in [2.05, 4.69) is 116 Å². The van der Waals surface area contributed by atoms with Crippen molar-refractivity contribution in [2.24, 2.45) is 0 Å². The first-order valence-electron chi connectivity index (χ1n) is 10.8. The fourth-order valence-corrected chi connectivity index (χ4v) is 5.68. The molecule has 4 aromatic rings. The standard InChI is InChI=1S/C29H24NP/c1-31(2)22-15-11-21(12-16-22)27-25-17-13-19-7-3-5-9-23(19)28(25)30-29-24-10-6-4-8-20(24)14-18-26(27)29/h3-18,28,30H,1-2H3. The number of nitrogens with one attached hydrogen (secondary N) is 1. The average Bonchev–Trinajstić information content (AvgIpc) is 2.82. The van der Waals surface area contributed by atoms with Gasteiger partial charge in [0.15, 0.2) is 0 Å². The third kappa shape index (κ3) is 2.96. The summed E-state index contributed by atoms with van der Waals surface area (Å²) in [6.45, 7) is 4.63. The molecule has 2 heteroatoms. The monoisotopic (exact) mass is 417 g/mol. The Morgan fingerprint density at radius 1 is 0.742 bits per heavy atom. The van der Waals surface area contributed by atoms with Crippen LogP contribution in [0.2, 0.25) is 0 Å². The van der Waals surface area contributed by atoms with Crippen LogP contribution in [0.3, 0.4) is 0 Å². The van der Waals surface area contributed by atoms with Crippen LogP contribution in [0, 0.1) is 0 Å². The third-order valence-corrected chi connectivity index (χ3v) is 7.84. The summed E-state index contributed by atoms with van der Waals surface area (Å²) in [5, 5.41) is 7.92. The Balaban J connectivity index is 1.65. The van der Waals surface area contributed by atoms with Crippen molar-refractivity contribution in [3.8, 4) is 0 Å². The maximum Gasteiger partial charge on any atom is 0.0779 e. The van der Waals surface area contributed by atoms with Gasteiger partial charge in [-0.15, -0.1) is 0 Å². The molecule has 0 saturated heterocycles. The number of benzene rings is 4. The second kappa shape index (κ2) is 7.22. The Morgan fingerprint density at radius 3 is 2.35 bits per heavy atom. The minimum absolute atomic E-state index is 0.0941. The van der Waals surface area contributed by atoms with Gasteiger partial charge in [0.05, 0.1) is 11.7 Å². The van der Waals surface area contributed by atoms with Crippen molar-refractivity contribution in [2.45, 2.75) is 6.04 Å². The van der Waals surface area contributed by atoms with Crippen LogP contribution >= 0.6 is 7.92 Å². The second-order valence-corrected chi connectivity index (χ2v) is 10.8. The predicted octanol–water partition coefficient (Wildman–Crippen LogP) is 7.20. The molecule has 0 aromatic heterocycles. The molecule has 150 valence electrons. The predicted molar refractivity (Wildman–Crippen MR) is 137 cm³/mol. The molecule has 0 fully saturated rings. The lowest BCUT2D eigenvalue weighted by molar-refractivity contribution is 0.920. The highest BCUT2D eigenvalue weighted by atomic mass is 31.1. The van der Waals surface area contributed by atoms with E-state index in [1.54, 1.807) is 0 Å². The van der Waals surface area contributed by atoms with Gasteiger partial charge in [-0.05, 0) is 51.9 Å². The molecule has 0 saturated carbocycles. The molecule has 31 heavy (non-hydrogen) atoms. The molecule has 1 N–H and O–H groups in total. The van der Waals surface area contributed by atoms with Crippen LogP contribution in [-0.2, 0) is 0 Å². The molecule has 4 aromatic carbocycles. The molecule has 0 spiro atoms. The first kappa shape index (κ1) is 18.6. The van der Waals surface area contributed by atoms with Crippen molar-refractivity contribution in [3.05, 3.63) is 119 Å². The first-order valence-corrected chi connectivity index (χ1v) is 13.0. The van der Waals surface area contributed by atoms with E-state index in [0.29, 0.717) is 0 Å². The van der Waals surface area contributed by atoms with Gasteiger partial charge in [0.25, 0.3) is 0 Å². The van der Waals surface area contributed by atoms with Gasteiger partial charge in [-0.1, -0.05) is 105 Å². The smallest absolute Gasteiger partial charge is 0.0779 e. The topological polar surface area (TPSA) is 12.0 Å². The molecule has 1 heterocycles. The number of anilines is 1. The third-order valence-electron chi connectivity index (χ3n) is 6.51. The lowest BCUT2D eigenvalue weighted by Crippen LogP contribution is -2.22. The molecule has 1 aliphatic carbocycles. The van der Waals surface area contributed by atoms with Crippen LogP contribution in [0.5, 0.6) is 0 Å². The van der Waals surface area contributed by atoms with E-state index >= 15 is 0 Å². The van der Waals surface area contributed by atoms with E-state index in [4.69, 9.17) is 0 Å². The first-order chi connectivity index (χ1) is 15.2. The molecular formula is C29H24NP. The summed E-state index contributed by atoms with van der Waals surface area (Å²) in [5.41, 5.74) is 9.16. The van der Waals surface area contributed by atoms with Gasteiger partial charge in [0.1, 0.15) is 0 Å². The summed E-state index contributed by atoms with van der Waals surface area (Å²) >= 11 is 0.